The van der Waals surface area contributed by atoms with Crippen molar-refractivity contribution in [3.05, 3.63) is 29.8 Å². The predicted molar refractivity (Wildman–Crippen MR) is 76.5 cm³/mol. The number of carbonyl (C=O) groups is 1. The molecule has 1 aliphatic carbocycles. The first-order chi connectivity index (χ1) is 9.55. The van der Waals surface area contributed by atoms with Crippen LogP contribution in [0.1, 0.15) is 49.4 Å². The maximum atomic E-state index is 12.4. The quantitative estimate of drug-likeness (QED) is 0.784. The molecule has 0 spiro atoms. The number of benzene rings is 1. The molecule has 5 heteroatoms. The van der Waals surface area contributed by atoms with Gasteiger partial charge in [-0.05, 0) is 43.5 Å². The normalized spacial score (nSPS) is 16.2. The van der Waals surface area contributed by atoms with Gasteiger partial charge in [-0.25, -0.2) is 13.2 Å². The lowest BCUT2D eigenvalue weighted by Crippen LogP contribution is -2.18. The van der Waals surface area contributed by atoms with Crippen LogP contribution < -0.4 is 0 Å². The van der Waals surface area contributed by atoms with Crippen molar-refractivity contribution in [2.75, 3.05) is 6.61 Å². The summed E-state index contributed by atoms with van der Waals surface area (Å²) >= 11 is 0. The molecule has 1 aliphatic rings. The van der Waals surface area contributed by atoms with E-state index in [4.69, 9.17) is 4.74 Å². The van der Waals surface area contributed by atoms with E-state index < -0.39 is 15.8 Å². The van der Waals surface area contributed by atoms with Gasteiger partial charge in [0.1, 0.15) is 0 Å². The largest absolute Gasteiger partial charge is 0.462 e. The molecule has 2 rings (SSSR count). The van der Waals surface area contributed by atoms with Crippen molar-refractivity contribution < 1.29 is 17.9 Å². The van der Waals surface area contributed by atoms with Crippen molar-refractivity contribution in [3.8, 4) is 0 Å². The van der Waals surface area contributed by atoms with Crippen LogP contribution in [-0.2, 0) is 14.6 Å². The zero-order chi connectivity index (χ0) is 14.6. The Labute approximate surface area is 120 Å². The summed E-state index contributed by atoms with van der Waals surface area (Å²) in [5.74, 6) is -0.406. The Hall–Kier alpha value is -1.36. The fraction of sp³-hybridized carbons (Fsp3) is 0.533. The summed E-state index contributed by atoms with van der Waals surface area (Å²) in [5, 5.41) is -0.264. The minimum Gasteiger partial charge on any atom is -0.462 e. The van der Waals surface area contributed by atoms with Gasteiger partial charge >= 0.3 is 5.97 Å². The van der Waals surface area contributed by atoms with Crippen molar-refractivity contribution in [2.24, 2.45) is 0 Å². The SMILES string of the molecule is CCCOC(=O)c1ccc(S(=O)(=O)C2CCCC2)cc1. The van der Waals surface area contributed by atoms with Gasteiger partial charge in [0, 0.05) is 0 Å². The molecule has 4 nitrogen and oxygen atoms in total. The lowest BCUT2D eigenvalue weighted by molar-refractivity contribution is 0.0505. The van der Waals surface area contributed by atoms with E-state index in [2.05, 4.69) is 0 Å². The molecule has 1 aromatic rings. The zero-order valence-corrected chi connectivity index (χ0v) is 12.5. The number of hydrogen-bond acceptors (Lipinski definition) is 4. The summed E-state index contributed by atoms with van der Waals surface area (Å²) in [6.07, 6.45) is 4.20. The Balaban J connectivity index is 2.13. The Morgan fingerprint density at radius 2 is 1.80 bits per heavy atom. The van der Waals surface area contributed by atoms with Crippen molar-refractivity contribution in [1.82, 2.24) is 0 Å². The molecule has 0 atom stereocenters. The average molecular weight is 296 g/mol. The molecule has 0 saturated heterocycles. The molecule has 1 saturated carbocycles. The predicted octanol–water partition coefficient (Wildman–Crippen LogP) is 2.97. The van der Waals surface area contributed by atoms with Crippen LogP contribution in [0.3, 0.4) is 0 Å². The van der Waals surface area contributed by atoms with Crippen LogP contribution >= 0.6 is 0 Å². The van der Waals surface area contributed by atoms with Gasteiger partial charge in [0.05, 0.1) is 22.3 Å². The molecule has 0 aromatic heterocycles. The Morgan fingerprint density at radius 3 is 2.35 bits per heavy atom. The van der Waals surface area contributed by atoms with Crippen LogP contribution in [0.2, 0.25) is 0 Å². The third-order valence-electron chi connectivity index (χ3n) is 3.60. The first-order valence-corrected chi connectivity index (χ1v) is 8.61. The number of ether oxygens (including phenoxy) is 1. The molecule has 0 bridgehead atoms. The first-order valence-electron chi connectivity index (χ1n) is 7.07. The van der Waals surface area contributed by atoms with Crippen molar-refractivity contribution >= 4 is 15.8 Å². The monoisotopic (exact) mass is 296 g/mol. The summed E-state index contributed by atoms with van der Waals surface area (Å²) in [5.41, 5.74) is 0.392. The number of esters is 1. The smallest absolute Gasteiger partial charge is 0.338 e. The third-order valence-corrected chi connectivity index (χ3v) is 5.88. The molecular weight excluding hydrogens is 276 g/mol. The summed E-state index contributed by atoms with van der Waals surface area (Å²) in [6.45, 7) is 2.30. The summed E-state index contributed by atoms with van der Waals surface area (Å²) in [7, 11) is -3.25. The second kappa shape index (κ2) is 6.39. The summed E-state index contributed by atoms with van der Waals surface area (Å²) < 4.78 is 29.8. The minimum atomic E-state index is -3.25. The van der Waals surface area contributed by atoms with E-state index >= 15 is 0 Å². The Morgan fingerprint density at radius 1 is 1.20 bits per heavy atom. The second-order valence-electron chi connectivity index (χ2n) is 5.11. The highest BCUT2D eigenvalue weighted by Crippen LogP contribution is 2.29. The van der Waals surface area contributed by atoms with Gasteiger partial charge in [-0.15, -0.1) is 0 Å². The van der Waals surface area contributed by atoms with Gasteiger partial charge in [0.15, 0.2) is 9.84 Å². The van der Waals surface area contributed by atoms with E-state index in [0.29, 0.717) is 17.1 Å². The van der Waals surface area contributed by atoms with Crippen LogP contribution in [0, 0.1) is 0 Å². The fourth-order valence-electron chi connectivity index (χ4n) is 2.45. The molecule has 110 valence electrons. The topological polar surface area (TPSA) is 60.4 Å². The maximum Gasteiger partial charge on any atom is 0.338 e. The van der Waals surface area contributed by atoms with Gasteiger partial charge in [0.25, 0.3) is 0 Å². The minimum absolute atomic E-state index is 0.264. The van der Waals surface area contributed by atoms with Gasteiger partial charge in [-0.1, -0.05) is 19.8 Å². The average Bonchev–Trinajstić information content (AvgIpc) is 3.00. The highest BCUT2D eigenvalue weighted by molar-refractivity contribution is 7.92. The number of rotatable bonds is 5. The Kier molecular flexibility index (Phi) is 4.81. The molecular formula is C15H20O4S. The number of carbonyl (C=O) groups excluding carboxylic acids is 1. The molecule has 1 aromatic carbocycles. The second-order valence-corrected chi connectivity index (χ2v) is 7.34. The van der Waals surface area contributed by atoms with E-state index in [-0.39, 0.29) is 5.25 Å². The maximum absolute atomic E-state index is 12.4. The Bertz CT molecular complexity index is 554. The lowest BCUT2D eigenvalue weighted by Gasteiger charge is -2.11. The lowest BCUT2D eigenvalue weighted by atomic mass is 10.2. The zero-order valence-electron chi connectivity index (χ0n) is 11.7. The third kappa shape index (κ3) is 3.20. The van der Waals surface area contributed by atoms with Gasteiger partial charge in [-0.3, -0.25) is 0 Å². The van der Waals surface area contributed by atoms with E-state index in [1.165, 1.54) is 24.3 Å². The first kappa shape index (κ1) is 15.0. The molecule has 1 fully saturated rings. The van der Waals surface area contributed by atoms with Crippen molar-refractivity contribution in [2.45, 2.75) is 49.2 Å². The molecule has 20 heavy (non-hydrogen) atoms. The van der Waals surface area contributed by atoms with Gasteiger partial charge < -0.3 is 4.74 Å². The van der Waals surface area contributed by atoms with E-state index in [1.54, 1.807) is 0 Å². The van der Waals surface area contributed by atoms with E-state index in [9.17, 15) is 13.2 Å². The van der Waals surface area contributed by atoms with Crippen molar-refractivity contribution in [3.63, 3.8) is 0 Å². The molecule has 0 amide bonds. The van der Waals surface area contributed by atoms with E-state index in [0.717, 1.165) is 32.1 Å². The molecule has 0 aliphatic heterocycles. The highest BCUT2D eigenvalue weighted by atomic mass is 32.2. The molecule has 0 unspecified atom stereocenters. The molecule has 0 heterocycles. The van der Waals surface area contributed by atoms with Crippen LogP contribution in [0.25, 0.3) is 0 Å². The van der Waals surface area contributed by atoms with Crippen LogP contribution in [0.5, 0.6) is 0 Å². The van der Waals surface area contributed by atoms with Gasteiger partial charge in [-0.2, -0.15) is 0 Å². The molecule has 0 radical (unpaired) electrons. The number of hydrogen-bond donors (Lipinski definition) is 0. The highest BCUT2D eigenvalue weighted by Gasteiger charge is 2.30. The van der Waals surface area contributed by atoms with Crippen molar-refractivity contribution in [1.29, 1.82) is 0 Å². The fourth-order valence-corrected chi connectivity index (χ4v) is 4.30. The summed E-state index contributed by atoms with van der Waals surface area (Å²) in [4.78, 5) is 12.0. The summed E-state index contributed by atoms with van der Waals surface area (Å²) in [6, 6.07) is 6.08. The van der Waals surface area contributed by atoms with Crippen LogP contribution in [0.4, 0.5) is 0 Å². The molecule has 0 N–H and O–H groups in total. The van der Waals surface area contributed by atoms with E-state index in [1.807, 2.05) is 6.92 Å². The van der Waals surface area contributed by atoms with Gasteiger partial charge in [0.2, 0.25) is 0 Å². The van der Waals surface area contributed by atoms with Crippen LogP contribution in [0.15, 0.2) is 29.2 Å². The standard InChI is InChI=1S/C15H20O4S/c1-2-11-19-15(16)12-7-9-14(10-8-12)20(17,18)13-5-3-4-6-13/h7-10,13H,2-6,11H2,1H3. The van der Waals surface area contributed by atoms with Crippen LogP contribution in [-0.4, -0.2) is 26.2 Å². The number of sulfone groups is 1.